The van der Waals surface area contributed by atoms with Gasteiger partial charge in [0.1, 0.15) is 5.75 Å². The summed E-state index contributed by atoms with van der Waals surface area (Å²) in [5.74, 6) is -10.5. The number of nitrogens with two attached hydrogens (primary N) is 1. The van der Waals surface area contributed by atoms with E-state index in [4.69, 9.17) is 5.73 Å². The van der Waals surface area contributed by atoms with Crippen LogP contribution in [0.4, 0.5) is 5.69 Å². The number of Topliss-reactive ketones (excluding diaryl/α,β-unsaturated/α-hetero) is 4. The molecule has 6 atom stereocenters. The lowest BCUT2D eigenvalue weighted by atomic mass is 9.52. The van der Waals surface area contributed by atoms with E-state index in [-0.39, 0.29) is 29.6 Å². The summed E-state index contributed by atoms with van der Waals surface area (Å²) in [5.41, 5.74) is 5.75. The summed E-state index contributed by atoms with van der Waals surface area (Å²) in [4.78, 5) is 68.2. The number of phenols is 1. The molecule has 42 heavy (non-hydrogen) atoms. The van der Waals surface area contributed by atoms with Gasteiger partial charge in [-0.15, -0.1) is 0 Å². The minimum absolute atomic E-state index is 0.00858. The maximum absolute atomic E-state index is 14.0. The van der Waals surface area contributed by atoms with E-state index in [9.17, 15) is 34.2 Å². The number of carbonyl (C=O) groups excluding carboxylic acids is 5. The van der Waals surface area contributed by atoms with Crippen LogP contribution < -0.4 is 11.1 Å². The van der Waals surface area contributed by atoms with Crippen LogP contribution in [0.25, 0.3) is 11.1 Å². The molecule has 0 spiro atoms. The number of aliphatic hydroxyl groups is 1. The largest absolute Gasteiger partial charge is 0.507 e. The van der Waals surface area contributed by atoms with Gasteiger partial charge in [0.2, 0.25) is 5.91 Å². The molecule has 3 unspecified atom stereocenters. The molecule has 3 aliphatic rings. The second-order valence-electron chi connectivity index (χ2n) is 13.3. The van der Waals surface area contributed by atoms with Crippen molar-refractivity contribution in [3.63, 3.8) is 0 Å². The SMILES string of the molecule is CN(C)C1C(=O)C(C(N)=O)C(=O)[C@]2(O)C(=O)C3C(=O)c4c(O)ccc(-c5ccc(NCC(C)(C)C)cc5)c4C[C@@H]3C[C@H]12. The monoisotopic (exact) mass is 575 g/mol. The number of ketones is 4. The molecule has 10 heteroatoms. The van der Waals surface area contributed by atoms with Gasteiger partial charge >= 0.3 is 0 Å². The lowest BCUT2D eigenvalue weighted by Gasteiger charge is -2.52. The van der Waals surface area contributed by atoms with E-state index in [1.165, 1.54) is 11.0 Å². The third-order valence-electron chi connectivity index (χ3n) is 8.96. The number of anilines is 1. The molecular weight excluding hydrogens is 538 g/mol. The molecule has 2 aromatic carbocycles. The molecule has 222 valence electrons. The first-order valence-corrected chi connectivity index (χ1v) is 14.1. The highest BCUT2D eigenvalue weighted by atomic mass is 16.3. The number of phenolic OH excluding ortho intramolecular Hbond substituents is 1. The number of amides is 1. The van der Waals surface area contributed by atoms with Crippen molar-refractivity contribution < 1.29 is 34.2 Å². The minimum Gasteiger partial charge on any atom is -0.507 e. The topological polar surface area (TPSA) is 167 Å². The van der Waals surface area contributed by atoms with Gasteiger partial charge < -0.3 is 21.3 Å². The van der Waals surface area contributed by atoms with Crippen LogP contribution in [0.1, 0.15) is 43.1 Å². The number of hydrogen-bond acceptors (Lipinski definition) is 9. The van der Waals surface area contributed by atoms with Gasteiger partial charge in [-0.3, -0.25) is 28.9 Å². The Labute approximate surface area is 244 Å². The Hall–Kier alpha value is -3.89. The highest BCUT2D eigenvalue weighted by molar-refractivity contribution is 6.32. The van der Waals surface area contributed by atoms with E-state index in [1.807, 2.05) is 24.3 Å². The van der Waals surface area contributed by atoms with Gasteiger partial charge in [0.15, 0.2) is 34.7 Å². The summed E-state index contributed by atoms with van der Waals surface area (Å²) in [6, 6.07) is 9.71. The zero-order valence-corrected chi connectivity index (χ0v) is 24.4. The zero-order chi connectivity index (χ0) is 30.9. The van der Waals surface area contributed by atoms with Crippen LogP contribution in [0.2, 0.25) is 0 Å². The number of nitrogens with one attached hydrogen (secondary N) is 1. The van der Waals surface area contributed by atoms with Gasteiger partial charge in [-0.05, 0) is 73.2 Å². The lowest BCUT2D eigenvalue weighted by molar-refractivity contribution is -0.181. The molecule has 1 amide bonds. The van der Waals surface area contributed by atoms with E-state index in [0.29, 0.717) is 5.56 Å². The predicted octanol–water partition coefficient (Wildman–Crippen LogP) is 1.99. The van der Waals surface area contributed by atoms with Crippen LogP contribution in [-0.4, -0.2) is 76.4 Å². The number of hydrogen-bond donors (Lipinski definition) is 4. The second-order valence-corrected chi connectivity index (χ2v) is 13.3. The number of fused-ring (bicyclic) bond motifs is 3. The average Bonchev–Trinajstić information content (AvgIpc) is 2.89. The zero-order valence-electron chi connectivity index (χ0n) is 24.4. The first-order chi connectivity index (χ1) is 19.6. The summed E-state index contributed by atoms with van der Waals surface area (Å²) < 4.78 is 0. The second kappa shape index (κ2) is 10.1. The molecule has 10 nitrogen and oxygen atoms in total. The van der Waals surface area contributed by atoms with Gasteiger partial charge in [0, 0.05) is 18.2 Å². The molecule has 3 aliphatic carbocycles. The molecule has 5 rings (SSSR count). The van der Waals surface area contributed by atoms with E-state index in [1.54, 1.807) is 20.2 Å². The van der Waals surface area contributed by atoms with Crippen molar-refractivity contribution in [2.24, 2.45) is 34.8 Å². The number of aromatic hydroxyl groups is 1. The Balaban J connectivity index is 1.56. The van der Waals surface area contributed by atoms with Crippen LogP contribution in [0.5, 0.6) is 5.75 Å². The molecular formula is C32H37N3O7. The van der Waals surface area contributed by atoms with E-state index in [2.05, 4.69) is 26.1 Å². The number of likely N-dealkylation sites (N-methyl/N-ethyl adjacent to an activating group) is 1. The summed E-state index contributed by atoms with van der Waals surface area (Å²) in [7, 11) is 3.12. The van der Waals surface area contributed by atoms with Crippen LogP contribution in [0, 0.1) is 29.1 Å². The minimum atomic E-state index is -2.74. The van der Waals surface area contributed by atoms with Crippen LogP contribution in [0.15, 0.2) is 36.4 Å². The van der Waals surface area contributed by atoms with Crippen molar-refractivity contribution in [2.45, 2.75) is 45.3 Å². The van der Waals surface area contributed by atoms with Crippen molar-refractivity contribution in [3.05, 3.63) is 47.5 Å². The van der Waals surface area contributed by atoms with Gasteiger partial charge in [0.25, 0.3) is 0 Å². The van der Waals surface area contributed by atoms with Gasteiger partial charge in [-0.2, -0.15) is 0 Å². The Kier molecular flexibility index (Phi) is 7.14. The van der Waals surface area contributed by atoms with Crippen molar-refractivity contribution in [3.8, 4) is 16.9 Å². The summed E-state index contributed by atoms with van der Waals surface area (Å²) in [5, 5.41) is 25.9. The van der Waals surface area contributed by atoms with Crippen LogP contribution in [0.3, 0.4) is 0 Å². The standard InChI is InChI=1S/C32H37N3O7/c1-31(2,3)14-34-17-8-6-15(7-9-17)18-10-11-21(36)23-19(18)12-16-13-20-25(35(4)5)27(38)24(30(33)41)29(40)32(20,42)28(39)22(16)26(23)37/h6-11,16,20,22,24-25,34,36,42H,12-14H2,1-5H3,(H2,33,41)/t16-,20-,22?,24?,25?,32-/m1/s1. The number of rotatable bonds is 5. The maximum Gasteiger partial charge on any atom is 0.235 e. The average molecular weight is 576 g/mol. The van der Waals surface area contributed by atoms with Crippen molar-refractivity contribution >= 4 is 34.7 Å². The Morgan fingerprint density at radius 2 is 1.69 bits per heavy atom. The third kappa shape index (κ3) is 4.53. The van der Waals surface area contributed by atoms with Gasteiger partial charge in [-0.25, -0.2) is 0 Å². The third-order valence-corrected chi connectivity index (χ3v) is 8.96. The number of primary amides is 1. The summed E-state index contributed by atoms with van der Waals surface area (Å²) in [6.07, 6.45) is 0.217. The van der Waals surface area contributed by atoms with E-state index in [0.717, 1.165) is 23.4 Å². The quantitative estimate of drug-likeness (QED) is 0.390. The van der Waals surface area contributed by atoms with Gasteiger partial charge in [0.05, 0.1) is 17.5 Å². The van der Waals surface area contributed by atoms with Crippen molar-refractivity contribution in [2.75, 3.05) is 26.0 Å². The highest BCUT2D eigenvalue weighted by Crippen LogP contribution is 2.51. The van der Waals surface area contributed by atoms with Crippen LogP contribution >= 0.6 is 0 Å². The predicted molar refractivity (Wildman–Crippen MR) is 155 cm³/mol. The fourth-order valence-corrected chi connectivity index (χ4v) is 7.01. The van der Waals surface area contributed by atoms with Crippen molar-refractivity contribution in [1.82, 2.24) is 4.90 Å². The molecule has 0 bridgehead atoms. The molecule has 0 aliphatic heterocycles. The van der Waals surface area contributed by atoms with Gasteiger partial charge in [-0.1, -0.05) is 39.0 Å². The fraction of sp³-hybridized carbons (Fsp3) is 0.469. The molecule has 2 aromatic rings. The van der Waals surface area contributed by atoms with E-state index >= 15 is 0 Å². The van der Waals surface area contributed by atoms with E-state index < -0.39 is 64.4 Å². The smallest absolute Gasteiger partial charge is 0.235 e. The Morgan fingerprint density at radius 1 is 1.05 bits per heavy atom. The summed E-state index contributed by atoms with van der Waals surface area (Å²) >= 11 is 0. The first kappa shape index (κ1) is 29.6. The van der Waals surface area contributed by atoms with Crippen LogP contribution in [-0.2, 0) is 25.6 Å². The summed E-state index contributed by atoms with van der Waals surface area (Å²) in [6.45, 7) is 7.18. The molecule has 0 heterocycles. The molecule has 0 radical (unpaired) electrons. The molecule has 0 aromatic heterocycles. The number of benzene rings is 2. The Bertz CT molecular complexity index is 1510. The first-order valence-electron chi connectivity index (χ1n) is 14.1. The fourth-order valence-electron chi connectivity index (χ4n) is 7.01. The maximum atomic E-state index is 14.0. The normalized spacial score (nSPS) is 29.2. The molecule has 2 saturated carbocycles. The molecule has 5 N–H and O–H groups in total. The van der Waals surface area contributed by atoms with Crippen molar-refractivity contribution in [1.29, 1.82) is 0 Å². The highest BCUT2D eigenvalue weighted by Gasteiger charge is 2.69. The Morgan fingerprint density at radius 3 is 2.26 bits per heavy atom. The lowest BCUT2D eigenvalue weighted by Crippen LogP contribution is -2.74. The number of nitrogens with zero attached hydrogens (tertiary/aromatic N) is 1. The molecule has 0 saturated heterocycles. The number of carbonyl (C=O) groups is 5. The molecule has 2 fully saturated rings.